The summed E-state index contributed by atoms with van der Waals surface area (Å²) >= 11 is 0. The van der Waals surface area contributed by atoms with E-state index in [1.807, 2.05) is 24.3 Å². The first kappa shape index (κ1) is 32.8. The monoisotopic (exact) mass is 729 g/mol. The molecule has 10 aromatic rings. The molecule has 0 bridgehead atoms. The Morgan fingerprint density at radius 1 is 0.404 bits per heavy atom. The highest BCUT2D eigenvalue weighted by Gasteiger charge is 2.22. The van der Waals surface area contributed by atoms with Crippen molar-refractivity contribution >= 4 is 55.2 Å². The second kappa shape index (κ2) is 13.6. The van der Waals surface area contributed by atoms with Gasteiger partial charge in [-0.15, -0.1) is 0 Å². The van der Waals surface area contributed by atoms with Crippen LogP contribution in [-0.4, -0.2) is 11.7 Å². The maximum absolute atomic E-state index is 6.46. The number of nitrogens with zero attached hydrogens (tertiary/aromatic N) is 2. The molecule has 0 saturated carbocycles. The minimum absolute atomic E-state index is 0.310. The summed E-state index contributed by atoms with van der Waals surface area (Å²) in [6, 6.07) is 70.6. The lowest BCUT2D eigenvalue weighted by atomic mass is 9.95. The number of aliphatic imine (C=N–C) groups is 2. The molecule has 268 valence electrons. The number of rotatable bonds is 6. The average molecular weight is 730 g/mol. The van der Waals surface area contributed by atoms with E-state index in [1.165, 1.54) is 27.5 Å². The molecule has 1 aliphatic rings. The number of nitrogens with one attached hydrogen (secondary N) is 1. The molecule has 4 nitrogen and oxygen atoms in total. The van der Waals surface area contributed by atoms with Crippen LogP contribution in [0.15, 0.2) is 215 Å². The van der Waals surface area contributed by atoms with Gasteiger partial charge in [0, 0.05) is 21.9 Å². The fraction of sp³-hybridized carbons (Fsp3) is 0.0189. The summed E-state index contributed by atoms with van der Waals surface area (Å²) in [5, 5.41) is 10.7. The first-order valence-corrected chi connectivity index (χ1v) is 19.3. The summed E-state index contributed by atoms with van der Waals surface area (Å²) < 4.78 is 6.46. The predicted molar refractivity (Wildman–Crippen MR) is 237 cm³/mol. The van der Waals surface area contributed by atoms with Crippen molar-refractivity contribution in [2.45, 2.75) is 6.17 Å². The summed E-state index contributed by atoms with van der Waals surface area (Å²) in [6.07, 6.45) is -0.310. The van der Waals surface area contributed by atoms with Crippen LogP contribution in [-0.2, 0) is 0 Å². The Morgan fingerprint density at radius 3 is 1.81 bits per heavy atom. The smallest absolute Gasteiger partial charge is 0.159 e. The minimum atomic E-state index is -0.310. The van der Waals surface area contributed by atoms with Gasteiger partial charge in [-0.3, -0.25) is 0 Å². The van der Waals surface area contributed by atoms with Gasteiger partial charge in [-0.2, -0.15) is 0 Å². The van der Waals surface area contributed by atoms with Crippen LogP contribution in [0.2, 0.25) is 0 Å². The second-order valence-electron chi connectivity index (χ2n) is 14.6. The maximum atomic E-state index is 6.46. The van der Waals surface area contributed by atoms with Gasteiger partial charge < -0.3 is 9.73 Å². The molecule has 0 saturated heterocycles. The van der Waals surface area contributed by atoms with Gasteiger partial charge in [-0.05, 0) is 96.9 Å². The lowest BCUT2D eigenvalue weighted by Gasteiger charge is -2.24. The number of amidine groups is 2. The maximum Gasteiger partial charge on any atom is 0.159 e. The molecule has 9 aromatic carbocycles. The van der Waals surface area contributed by atoms with E-state index in [0.717, 1.165) is 71.9 Å². The van der Waals surface area contributed by atoms with Crippen molar-refractivity contribution in [2.24, 2.45) is 9.98 Å². The Labute approximate surface area is 330 Å². The van der Waals surface area contributed by atoms with Crippen LogP contribution in [0.1, 0.15) is 22.9 Å². The largest absolute Gasteiger partial charge is 0.456 e. The Balaban J connectivity index is 0.949. The van der Waals surface area contributed by atoms with E-state index in [2.05, 4.69) is 181 Å². The SMILES string of the molecule is c1ccc(C2=NC(c3ccc(-c4ccc5ccccc5c4)cc3)NC(c3ccc4ccc(-c5cccc6oc7cc(-c8ccccc8)ccc7c56)cc4c3)=N2)cc1. The highest BCUT2D eigenvalue weighted by Crippen LogP contribution is 2.39. The minimum Gasteiger partial charge on any atom is -0.456 e. The summed E-state index contributed by atoms with van der Waals surface area (Å²) in [4.78, 5) is 10.3. The molecule has 0 amide bonds. The number of furan rings is 1. The quantitative estimate of drug-likeness (QED) is 0.185. The van der Waals surface area contributed by atoms with Crippen molar-refractivity contribution < 1.29 is 4.42 Å². The molecule has 0 fully saturated rings. The van der Waals surface area contributed by atoms with Crippen LogP contribution in [0.3, 0.4) is 0 Å². The number of hydrogen-bond acceptors (Lipinski definition) is 4. The first-order valence-electron chi connectivity index (χ1n) is 19.3. The van der Waals surface area contributed by atoms with E-state index >= 15 is 0 Å². The topological polar surface area (TPSA) is 49.9 Å². The van der Waals surface area contributed by atoms with Gasteiger partial charge in [-0.1, -0.05) is 164 Å². The lowest BCUT2D eigenvalue weighted by Crippen LogP contribution is -2.33. The molecular weight excluding hydrogens is 695 g/mol. The standard InChI is InChI=1S/C53H35N3O/c1-3-10-34(11-4-1)42-28-29-47-49(33-42)57-48-17-9-16-46(50(47)48)43-26-21-37-22-27-44(32-45(37)31-43)53-55-51(38-13-5-2-6-14-38)54-52(56-53)39-23-18-36(19-24-39)41-25-20-35-12-7-8-15-40(35)30-41/h1-33,52H,(H,54,55,56). The van der Waals surface area contributed by atoms with E-state index < -0.39 is 0 Å². The van der Waals surface area contributed by atoms with Gasteiger partial charge in [-0.25, -0.2) is 9.98 Å². The molecule has 57 heavy (non-hydrogen) atoms. The van der Waals surface area contributed by atoms with Crippen molar-refractivity contribution in [1.29, 1.82) is 0 Å². The number of hydrogen-bond donors (Lipinski definition) is 1. The molecule has 1 unspecified atom stereocenters. The fourth-order valence-electron chi connectivity index (χ4n) is 8.15. The molecule has 0 radical (unpaired) electrons. The van der Waals surface area contributed by atoms with Gasteiger partial charge in [0.15, 0.2) is 5.84 Å². The zero-order valence-electron chi connectivity index (χ0n) is 30.9. The van der Waals surface area contributed by atoms with Crippen LogP contribution < -0.4 is 5.32 Å². The summed E-state index contributed by atoms with van der Waals surface area (Å²) in [7, 11) is 0. The van der Waals surface area contributed by atoms with E-state index in [4.69, 9.17) is 14.4 Å². The van der Waals surface area contributed by atoms with Gasteiger partial charge in [0.05, 0.1) is 0 Å². The highest BCUT2D eigenvalue weighted by atomic mass is 16.3. The van der Waals surface area contributed by atoms with E-state index in [1.54, 1.807) is 0 Å². The van der Waals surface area contributed by atoms with Crippen LogP contribution in [0.5, 0.6) is 0 Å². The summed E-state index contributed by atoms with van der Waals surface area (Å²) in [6.45, 7) is 0. The molecule has 4 heteroatoms. The second-order valence-corrected chi connectivity index (χ2v) is 14.6. The predicted octanol–water partition coefficient (Wildman–Crippen LogP) is 13.4. The summed E-state index contributed by atoms with van der Waals surface area (Å²) in [5.41, 5.74) is 11.8. The van der Waals surface area contributed by atoms with E-state index in [9.17, 15) is 0 Å². The van der Waals surface area contributed by atoms with Crippen molar-refractivity contribution in [1.82, 2.24) is 5.32 Å². The van der Waals surface area contributed by atoms with Crippen molar-refractivity contribution in [3.63, 3.8) is 0 Å². The van der Waals surface area contributed by atoms with Gasteiger partial charge >= 0.3 is 0 Å². The molecule has 1 aromatic heterocycles. The molecule has 2 heterocycles. The Morgan fingerprint density at radius 2 is 1.00 bits per heavy atom. The lowest BCUT2D eigenvalue weighted by molar-refractivity contribution is 0.669. The van der Waals surface area contributed by atoms with Crippen LogP contribution >= 0.6 is 0 Å². The van der Waals surface area contributed by atoms with E-state index in [0.29, 0.717) is 5.84 Å². The van der Waals surface area contributed by atoms with Crippen LogP contribution in [0.25, 0.3) is 76.9 Å². The number of fused-ring (bicyclic) bond motifs is 5. The van der Waals surface area contributed by atoms with Gasteiger partial charge in [0.2, 0.25) is 0 Å². The molecule has 1 aliphatic heterocycles. The number of benzene rings is 9. The third kappa shape index (κ3) is 6.05. The summed E-state index contributed by atoms with van der Waals surface area (Å²) in [5.74, 6) is 1.49. The zero-order chi connectivity index (χ0) is 37.7. The normalized spacial score (nSPS) is 14.1. The molecule has 0 spiro atoms. The molecule has 11 rings (SSSR count). The van der Waals surface area contributed by atoms with Crippen molar-refractivity contribution in [2.75, 3.05) is 0 Å². The fourth-order valence-corrected chi connectivity index (χ4v) is 8.15. The molecule has 1 atom stereocenters. The third-order valence-corrected chi connectivity index (χ3v) is 11.1. The molecule has 1 N–H and O–H groups in total. The Bertz CT molecular complexity index is 3200. The highest BCUT2D eigenvalue weighted by molar-refractivity contribution is 6.15. The Kier molecular flexibility index (Phi) is 7.85. The first-order chi connectivity index (χ1) is 28.2. The van der Waals surface area contributed by atoms with Gasteiger partial charge in [0.1, 0.15) is 23.2 Å². The van der Waals surface area contributed by atoms with Crippen molar-refractivity contribution in [3.05, 3.63) is 217 Å². The Hall–Kier alpha value is -7.56. The third-order valence-electron chi connectivity index (χ3n) is 11.1. The van der Waals surface area contributed by atoms with Crippen LogP contribution in [0, 0.1) is 0 Å². The zero-order valence-corrected chi connectivity index (χ0v) is 30.9. The van der Waals surface area contributed by atoms with Gasteiger partial charge in [0.25, 0.3) is 0 Å². The molecular formula is C53H35N3O. The van der Waals surface area contributed by atoms with Crippen molar-refractivity contribution in [3.8, 4) is 33.4 Å². The molecule has 0 aliphatic carbocycles. The average Bonchev–Trinajstić information content (AvgIpc) is 3.67. The van der Waals surface area contributed by atoms with E-state index in [-0.39, 0.29) is 6.17 Å². The van der Waals surface area contributed by atoms with Crippen LogP contribution in [0.4, 0.5) is 0 Å².